The summed E-state index contributed by atoms with van der Waals surface area (Å²) >= 11 is 0. The zero-order chi connectivity index (χ0) is 18.2. The number of carbonyl (C=O) groups excluding carboxylic acids is 3. The van der Waals surface area contributed by atoms with Gasteiger partial charge in [-0.25, -0.2) is 4.79 Å². The Hall–Kier alpha value is -3.09. The molecule has 0 bridgehead atoms. The van der Waals surface area contributed by atoms with Crippen LogP contribution in [0.25, 0.3) is 0 Å². The van der Waals surface area contributed by atoms with E-state index in [0.29, 0.717) is 22.6 Å². The number of hydrogen-bond donors (Lipinski definition) is 2. The quantitative estimate of drug-likeness (QED) is 0.747. The maximum absolute atomic E-state index is 11.8. The Morgan fingerprint density at radius 1 is 1.12 bits per heavy atom. The standard InChI is InChI=1S/C18H20N2O5/c1-12-15(18(23)24-2)10-14(25-12)11-20-16(21)8-9-19-17(22)13-6-4-3-5-7-13/h3-7,10H,8-9,11H2,1-2H3,(H,19,22)(H,20,21). The molecule has 0 aliphatic rings. The molecule has 0 aliphatic carbocycles. The van der Waals surface area contributed by atoms with Gasteiger partial charge < -0.3 is 19.8 Å². The van der Waals surface area contributed by atoms with Crippen LogP contribution in [0.2, 0.25) is 0 Å². The molecule has 0 saturated carbocycles. The van der Waals surface area contributed by atoms with E-state index in [1.807, 2.05) is 6.07 Å². The van der Waals surface area contributed by atoms with Crippen molar-refractivity contribution >= 4 is 17.8 Å². The number of furan rings is 1. The molecule has 1 aromatic carbocycles. The highest BCUT2D eigenvalue weighted by Crippen LogP contribution is 2.15. The Labute approximate surface area is 145 Å². The van der Waals surface area contributed by atoms with Gasteiger partial charge >= 0.3 is 5.97 Å². The lowest BCUT2D eigenvalue weighted by molar-refractivity contribution is -0.121. The fourth-order valence-electron chi connectivity index (χ4n) is 2.20. The molecule has 132 valence electrons. The molecule has 0 unspecified atom stereocenters. The number of amides is 2. The number of aryl methyl sites for hydroxylation is 1. The largest absolute Gasteiger partial charge is 0.465 e. The van der Waals surface area contributed by atoms with Gasteiger partial charge in [0.15, 0.2) is 0 Å². The molecule has 2 N–H and O–H groups in total. The van der Waals surface area contributed by atoms with E-state index < -0.39 is 5.97 Å². The molecule has 25 heavy (non-hydrogen) atoms. The summed E-state index contributed by atoms with van der Waals surface area (Å²) in [5, 5.41) is 5.35. The molecule has 0 atom stereocenters. The predicted octanol–water partition coefficient (Wildman–Crippen LogP) is 1.81. The summed E-state index contributed by atoms with van der Waals surface area (Å²) in [7, 11) is 1.29. The zero-order valence-electron chi connectivity index (χ0n) is 14.1. The molecule has 2 rings (SSSR count). The highest BCUT2D eigenvalue weighted by molar-refractivity contribution is 5.94. The van der Waals surface area contributed by atoms with E-state index in [-0.39, 0.29) is 31.3 Å². The van der Waals surface area contributed by atoms with Crippen molar-refractivity contribution in [1.82, 2.24) is 10.6 Å². The van der Waals surface area contributed by atoms with Gasteiger partial charge in [-0.3, -0.25) is 9.59 Å². The summed E-state index contributed by atoms with van der Waals surface area (Å²) in [5.74, 6) is -0.0481. The molecule has 0 fully saturated rings. The van der Waals surface area contributed by atoms with Crippen LogP contribution < -0.4 is 10.6 Å². The van der Waals surface area contributed by atoms with E-state index in [4.69, 9.17) is 4.42 Å². The van der Waals surface area contributed by atoms with E-state index in [1.165, 1.54) is 7.11 Å². The molecule has 0 aliphatic heterocycles. The van der Waals surface area contributed by atoms with Crippen LogP contribution in [0.15, 0.2) is 40.8 Å². The normalized spacial score (nSPS) is 10.2. The Morgan fingerprint density at radius 3 is 2.52 bits per heavy atom. The monoisotopic (exact) mass is 344 g/mol. The van der Waals surface area contributed by atoms with Gasteiger partial charge in [-0.15, -0.1) is 0 Å². The number of ether oxygens (including phenoxy) is 1. The number of benzene rings is 1. The Bertz CT molecular complexity index is 752. The predicted molar refractivity (Wildman–Crippen MR) is 90.0 cm³/mol. The van der Waals surface area contributed by atoms with Crippen molar-refractivity contribution in [2.45, 2.75) is 19.9 Å². The van der Waals surface area contributed by atoms with Gasteiger partial charge in [-0.2, -0.15) is 0 Å². The molecule has 1 heterocycles. The minimum absolute atomic E-state index is 0.141. The second-order valence-corrected chi connectivity index (χ2v) is 5.32. The molecule has 7 heteroatoms. The zero-order valence-corrected chi connectivity index (χ0v) is 14.1. The van der Waals surface area contributed by atoms with Crippen LogP contribution in [0.4, 0.5) is 0 Å². The molecule has 0 spiro atoms. The molecule has 0 saturated heterocycles. The molecular formula is C18H20N2O5. The van der Waals surface area contributed by atoms with Crippen LogP contribution >= 0.6 is 0 Å². The first-order chi connectivity index (χ1) is 12.0. The minimum Gasteiger partial charge on any atom is -0.465 e. The Kier molecular flexibility index (Phi) is 6.33. The minimum atomic E-state index is -0.484. The lowest BCUT2D eigenvalue weighted by Gasteiger charge is -2.06. The van der Waals surface area contributed by atoms with E-state index in [1.54, 1.807) is 37.3 Å². The average molecular weight is 344 g/mol. The average Bonchev–Trinajstić information content (AvgIpc) is 3.00. The number of methoxy groups -OCH3 is 1. The van der Waals surface area contributed by atoms with E-state index in [2.05, 4.69) is 15.4 Å². The van der Waals surface area contributed by atoms with Crippen LogP contribution in [0.5, 0.6) is 0 Å². The van der Waals surface area contributed by atoms with Crippen LogP contribution in [-0.2, 0) is 16.1 Å². The second-order valence-electron chi connectivity index (χ2n) is 5.32. The van der Waals surface area contributed by atoms with Gasteiger partial charge in [0, 0.05) is 18.5 Å². The van der Waals surface area contributed by atoms with Crippen molar-refractivity contribution in [3.63, 3.8) is 0 Å². The number of esters is 1. The number of hydrogen-bond acceptors (Lipinski definition) is 5. The maximum Gasteiger partial charge on any atom is 0.341 e. The van der Waals surface area contributed by atoms with Crippen molar-refractivity contribution in [3.05, 3.63) is 59.0 Å². The number of carbonyl (C=O) groups is 3. The summed E-state index contributed by atoms with van der Waals surface area (Å²) in [5.41, 5.74) is 0.881. The smallest absolute Gasteiger partial charge is 0.341 e. The van der Waals surface area contributed by atoms with Crippen LogP contribution in [0, 0.1) is 6.92 Å². The molecule has 0 radical (unpaired) electrons. The number of rotatable bonds is 7. The van der Waals surface area contributed by atoms with Gasteiger partial charge in [-0.05, 0) is 25.1 Å². The molecular weight excluding hydrogens is 324 g/mol. The van der Waals surface area contributed by atoms with E-state index >= 15 is 0 Å². The molecule has 2 amide bonds. The summed E-state index contributed by atoms with van der Waals surface area (Å²) in [4.78, 5) is 35.2. The third-order valence-electron chi connectivity index (χ3n) is 3.51. The SMILES string of the molecule is COC(=O)c1cc(CNC(=O)CCNC(=O)c2ccccc2)oc1C. The maximum atomic E-state index is 11.8. The highest BCUT2D eigenvalue weighted by atomic mass is 16.5. The summed E-state index contributed by atoms with van der Waals surface area (Å²) in [6.45, 7) is 2.03. The molecule has 7 nitrogen and oxygen atoms in total. The first kappa shape index (κ1) is 18.3. The van der Waals surface area contributed by atoms with E-state index in [9.17, 15) is 14.4 Å². The van der Waals surface area contributed by atoms with Crippen molar-refractivity contribution in [2.24, 2.45) is 0 Å². The van der Waals surface area contributed by atoms with Gasteiger partial charge in [0.25, 0.3) is 5.91 Å². The number of nitrogens with one attached hydrogen (secondary N) is 2. The van der Waals surface area contributed by atoms with Crippen molar-refractivity contribution < 1.29 is 23.5 Å². The topological polar surface area (TPSA) is 97.6 Å². The van der Waals surface area contributed by atoms with Gasteiger partial charge in [0.2, 0.25) is 5.91 Å². The van der Waals surface area contributed by atoms with Gasteiger partial charge in [-0.1, -0.05) is 18.2 Å². The van der Waals surface area contributed by atoms with E-state index in [0.717, 1.165) is 0 Å². The highest BCUT2D eigenvalue weighted by Gasteiger charge is 2.15. The first-order valence-corrected chi connectivity index (χ1v) is 7.79. The lowest BCUT2D eigenvalue weighted by atomic mass is 10.2. The van der Waals surface area contributed by atoms with Crippen molar-refractivity contribution in [2.75, 3.05) is 13.7 Å². The van der Waals surface area contributed by atoms with Crippen LogP contribution in [0.3, 0.4) is 0 Å². The molecule has 2 aromatic rings. The molecule has 1 aromatic heterocycles. The van der Waals surface area contributed by atoms with Crippen LogP contribution in [-0.4, -0.2) is 31.4 Å². The van der Waals surface area contributed by atoms with Gasteiger partial charge in [0.05, 0.1) is 13.7 Å². The lowest BCUT2D eigenvalue weighted by Crippen LogP contribution is -2.30. The fraction of sp³-hybridized carbons (Fsp3) is 0.278. The van der Waals surface area contributed by atoms with Gasteiger partial charge in [0.1, 0.15) is 17.1 Å². The Morgan fingerprint density at radius 2 is 1.84 bits per heavy atom. The second kappa shape index (κ2) is 8.68. The third kappa shape index (κ3) is 5.20. The van der Waals surface area contributed by atoms with Crippen LogP contribution in [0.1, 0.15) is 38.7 Å². The summed E-state index contributed by atoms with van der Waals surface area (Å²) in [6, 6.07) is 10.3. The fourth-order valence-corrected chi connectivity index (χ4v) is 2.20. The summed E-state index contributed by atoms with van der Waals surface area (Å²) in [6.07, 6.45) is 0.141. The van der Waals surface area contributed by atoms with Crippen molar-refractivity contribution in [1.29, 1.82) is 0 Å². The van der Waals surface area contributed by atoms with Crippen molar-refractivity contribution in [3.8, 4) is 0 Å². The third-order valence-corrected chi connectivity index (χ3v) is 3.51. The summed E-state index contributed by atoms with van der Waals surface area (Å²) < 4.78 is 10.0. The Balaban J connectivity index is 1.74. The first-order valence-electron chi connectivity index (χ1n) is 7.79.